The summed E-state index contributed by atoms with van der Waals surface area (Å²) in [5, 5.41) is 5.55. The molecular weight excluding hydrogens is 312 g/mol. The van der Waals surface area contributed by atoms with Crippen LogP contribution in [-0.4, -0.2) is 46.1 Å². The molecule has 0 atom stereocenters. The van der Waals surface area contributed by atoms with Gasteiger partial charge in [-0.2, -0.15) is 0 Å². The third-order valence-corrected chi connectivity index (χ3v) is 3.62. The zero-order valence-corrected chi connectivity index (χ0v) is 13.7. The van der Waals surface area contributed by atoms with E-state index in [0.29, 0.717) is 13.1 Å². The van der Waals surface area contributed by atoms with Gasteiger partial charge in [-0.05, 0) is 26.0 Å². The van der Waals surface area contributed by atoms with Crippen LogP contribution in [0, 0.1) is 0 Å². The van der Waals surface area contributed by atoms with E-state index in [0.717, 1.165) is 4.68 Å². The zero-order valence-electron chi connectivity index (χ0n) is 13.7. The van der Waals surface area contributed by atoms with E-state index in [-0.39, 0.29) is 29.8 Å². The number of hydrogen-bond acceptors (Lipinski definition) is 4. The van der Waals surface area contributed by atoms with E-state index in [1.54, 1.807) is 38.1 Å². The van der Waals surface area contributed by atoms with E-state index < -0.39 is 17.0 Å². The molecule has 128 valence electrons. The van der Waals surface area contributed by atoms with Crippen LogP contribution in [-0.2, 0) is 16.1 Å². The fourth-order valence-corrected chi connectivity index (χ4v) is 2.40. The van der Waals surface area contributed by atoms with Crippen LogP contribution >= 0.6 is 0 Å². The molecule has 1 aromatic heterocycles. The Morgan fingerprint density at radius 1 is 1.17 bits per heavy atom. The second-order valence-electron chi connectivity index (χ2n) is 5.24. The number of nitrogens with one attached hydrogen (secondary N) is 2. The number of likely N-dealkylation sites (N-methyl/N-ethyl adjacent to an activating group) is 2. The summed E-state index contributed by atoms with van der Waals surface area (Å²) in [5.74, 6) is -0.691. The maximum Gasteiger partial charge on any atom is 0.273 e. The second-order valence-corrected chi connectivity index (χ2v) is 5.24. The lowest BCUT2D eigenvalue weighted by atomic mass is 10.2. The minimum absolute atomic E-state index is 0.0876. The first-order valence-corrected chi connectivity index (χ1v) is 7.74. The highest BCUT2D eigenvalue weighted by molar-refractivity contribution is 5.85. The number of benzene rings is 1. The molecule has 8 heteroatoms. The highest BCUT2D eigenvalue weighted by Crippen LogP contribution is 2.02. The van der Waals surface area contributed by atoms with Gasteiger partial charge in [-0.25, -0.2) is 4.68 Å². The largest absolute Gasteiger partial charge is 0.355 e. The molecule has 0 radical (unpaired) electrons. The van der Waals surface area contributed by atoms with Gasteiger partial charge in [0, 0.05) is 13.1 Å². The number of carbonyl (C=O) groups is 2. The van der Waals surface area contributed by atoms with Gasteiger partial charge in [0.2, 0.25) is 11.8 Å². The van der Waals surface area contributed by atoms with Crippen molar-refractivity contribution in [3.05, 3.63) is 45.0 Å². The van der Waals surface area contributed by atoms with Gasteiger partial charge in [0.1, 0.15) is 6.54 Å². The maximum atomic E-state index is 12.4. The molecule has 0 aliphatic carbocycles. The van der Waals surface area contributed by atoms with Crippen LogP contribution in [0.1, 0.15) is 13.8 Å². The van der Waals surface area contributed by atoms with Crippen LogP contribution in [0.4, 0.5) is 0 Å². The average molecular weight is 332 g/mol. The molecule has 2 amide bonds. The predicted molar refractivity (Wildman–Crippen MR) is 89.8 cm³/mol. The number of nitrogens with zero attached hydrogens (tertiary/aromatic N) is 2. The van der Waals surface area contributed by atoms with Crippen LogP contribution in [0.5, 0.6) is 0 Å². The fraction of sp³-hybridized carbons (Fsp3) is 0.375. The van der Waals surface area contributed by atoms with E-state index >= 15 is 0 Å². The summed E-state index contributed by atoms with van der Waals surface area (Å²) >= 11 is 0. The van der Waals surface area contributed by atoms with Gasteiger partial charge in [0.25, 0.3) is 11.1 Å². The summed E-state index contributed by atoms with van der Waals surface area (Å²) in [6, 6.07) is 6.41. The summed E-state index contributed by atoms with van der Waals surface area (Å²) in [6.45, 7) is 3.91. The number of amides is 2. The first kappa shape index (κ1) is 17.5. The molecule has 1 heterocycles. The van der Waals surface area contributed by atoms with E-state index in [4.69, 9.17) is 0 Å². The summed E-state index contributed by atoms with van der Waals surface area (Å²) in [5.41, 5.74) is -0.891. The summed E-state index contributed by atoms with van der Waals surface area (Å²) < 4.78 is 0.980. The third kappa shape index (κ3) is 3.70. The van der Waals surface area contributed by atoms with Crippen molar-refractivity contribution in [2.45, 2.75) is 20.4 Å². The van der Waals surface area contributed by atoms with Gasteiger partial charge in [-0.15, -0.1) is 0 Å². The highest BCUT2D eigenvalue weighted by atomic mass is 16.2. The molecule has 2 rings (SSSR count). The Labute approximate surface area is 138 Å². The molecule has 2 N–H and O–H groups in total. The summed E-state index contributed by atoms with van der Waals surface area (Å²) in [6.07, 6.45) is 0. The Hall–Kier alpha value is -2.90. The smallest absolute Gasteiger partial charge is 0.273 e. The molecule has 0 saturated carbocycles. The maximum absolute atomic E-state index is 12.4. The van der Waals surface area contributed by atoms with Gasteiger partial charge < -0.3 is 10.2 Å². The molecule has 24 heavy (non-hydrogen) atoms. The van der Waals surface area contributed by atoms with Gasteiger partial charge in [0.15, 0.2) is 0 Å². The van der Waals surface area contributed by atoms with Crippen molar-refractivity contribution in [3.63, 3.8) is 0 Å². The van der Waals surface area contributed by atoms with Crippen molar-refractivity contribution >= 4 is 22.6 Å². The van der Waals surface area contributed by atoms with Crippen molar-refractivity contribution in [2.24, 2.45) is 0 Å². The van der Waals surface area contributed by atoms with Crippen LogP contribution in [0.2, 0.25) is 0 Å². The van der Waals surface area contributed by atoms with Crippen LogP contribution < -0.4 is 16.4 Å². The molecule has 2 aromatic rings. The number of fused-ring (bicyclic) bond motifs is 1. The lowest BCUT2D eigenvalue weighted by Crippen LogP contribution is -2.44. The van der Waals surface area contributed by atoms with E-state index in [9.17, 15) is 19.2 Å². The van der Waals surface area contributed by atoms with Crippen LogP contribution in [0.15, 0.2) is 33.9 Å². The molecule has 8 nitrogen and oxygen atoms in total. The third-order valence-electron chi connectivity index (χ3n) is 3.62. The molecular formula is C16H20N4O4. The predicted octanol–water partition coefficient (Wildman–Crippen LogP) is -0.326. The van der Waals surface area contributed by atoms with Crippen LogP contribution in [0.25, 0.3) is 10.8 Å². The molecule has 0 bridgehead atoms. The van der Waals surface area contributed by atoms with Crippen molar-refractivity contribution in [1.82, 2.24) is 20.0 Å². The average Bonchev–Trinajstić information content (AvgIpc) is 2.57. The monoisotopic (exact) mass is 332 g/mol. The standard InChI is InChI=1S/C16H20N4O4/c1-3-17-13(21)9-19(4-2)14(22)10-20-16(24)12-8-6-5-7-11(12)15(23)18-20/h5-8H,3-4,9-10H2,1-2H3,(H,17,21)(H,18,23). The quantitative estimate of drug-likeness (QED) is 0.756. The lowest BCUT2D eigenvalue weighted by Gasteiger charge is -2.20. The molecule has 1 aromatic carbocycles. The highest BCUT2D eigenvalue weighted by Gasteiger charge is 2.17. The van der Waals surface area contributed by atoms with Crippen molar-refractivity contribution < 1.29 is 9.59 Å². The zero-order chi connectivity index (χ0) is 17.7. The molecule has 0 spiro atoms. The Kier molecular flexibility index (Phi) is 5.51. The number of hydrogen-bond donors (Lipinski definition) is 2. The first-order chi connectivity index (χ1) is 11.5. The lowest BCUT2D eigenvalue weighted by molar-refractivity contribution is -0.136. The van der Waals surface area contributed by atoms with E-state index in [2.05, 4.69) is 10.4 Å². The van der Waals surface area contributed by atoms with Gasteiger partial charge >= 0.3 is 0 Å². The topological polar surface area (TPSA) is 104 Å². The van der Waals surface area contributed by atoms with Gasteiger partial charge in [-0.3, -0.25) is 24.3 Å². The number of aromatic nitrogens is 2. The number of aromatic amines is 1. The Morgan fingerprint density at radius 2 is 1.83 bits per heavy atom. The van der Waals surface area contributed by atoms with Crippen molar-refractivity contribution in [2.75, 3.05) is 19.6 Å². The molecule has 0 fully saturated rings. The summed E-state index contributed by atoms with van der Waals surface area (Å²) in [7, 11) is 0. The number of H-pyrrole nitrogens is 1. The Bertz CT molecular complexity index is 868. The molecule has 0 aliphatic heterocycles. The molecule has 0 aliphatic rings. The van der Waals surface area contributed by atoms with Gasteiger partial charge in [0.05, 0.1) is 17.3 Å². The van der Waals surface area contributed by atoms with E-state index in [1.165, 1.54) is 4.90 Å². The van der Waals surface area contributed by atoms with E-state index in [1.807, 2.05) is 0 Å². The van der Waals surface area contributed by atoms with Crippen LogP contribution in [0.3, 0.4) is 0 Å². The first-order valence-electron chi connectivity index (χ1n) is 7.74. The van der Waals surface area contributed by atoms with Crippen molar-refractivity contribution in [1.29, 1.82) is 0 Å². The second kappa shape index (κ2) is 7.58. The van der Waals surface area contributed by atoms with Gasteiger partial charge in [-0.1, -0.05) is 12.1 Å². The van der Waals surface area contributed by atoms with Crippen molar-refractivity contribution in [3.8, 4) is 0 Å². The Balaban J connectivity index is 2.27. The number of carbonyl (C=O) groups excluding carboxylic acids is 2. The minimum Gasteiger partial charge on any atom is -0.355 e. The SMILES string of the molecule is CCNC(=O)CN(CC)C(=O)Cn1[nH]c(=O)c2ccccc2c1=O. The fourth-order valence-electron chi connectivity index (χ4n) is 2.40. The normalized spacial score (nSPS) is 10.6. The number of rotatable bonds is 6. The molecule has 0 unspecified atom stereocenters. The Morgan fingerprint density at radius 3 is 2.46 bits per heavy atom. The minimum atomic E-state index is -0.451. The molecule has 0 saturated heterocycles. The summed E-state index contributed by atoms with van der Waals surface area (Å²) in [4.78, 5) is 49.7.